The summed E-state index contributed by atoms with van der Waals surface area (Å²) < 4.78 is 230. The van der Waals surface area contributed by atoms with Gasteiger partial charge in [-0.3, -0.25) is 4.79 Å². The predicted molar refractivity (Wildman–Crippen MR) is 86.6 cm³/mol. The monoisotopic (exact) mass is 630 g/mol. The number of nitrogens with two attached hydrogens (primary N) is 1. The molecule has 0 radical (unpaired) electrons. The van der Waals surface area contributed by atoms with Gasteiger partial charge in [0.2, 0.25) is 0 Å². The Hall–Kier alpha value is -0.750. The Morgan fingerprint density at radius 2 is 1.16 bits per heavy atom. The number of rotatable bonds is 13. The van der Waals surface area contributed by atoms with Crippen molar-refractivity contribution in [3.05, 3.63) is 0 Å². The molecule has 0 aromatic heterocycles. The fourth-order valence-electron chi connectivity index (χ4n) is 2.40. The van der Waals surface area contributed by atoms with Gasteiger partial charge in [0.1, 0.15) is 0 Å². The van der Waals surface area contributed by atoms with Crippen molar-refractivity contribution < 1.29 is 118 Å². The van der Waals surface area contributed by atoms with E-state index in [1.165, 1.54) is 0 Å². The van der Waals surface area contributed by atoms with Crippen LogP contribution in [0, 0.1) is 0 Å². The third kappa shape index (κ3) is 7.11. The first-order chi connectivity index (χ1) is 16.0. The number of aliphatic hydroxyl groups excluding tert-OH is 1. The van der Waals surface area contributed by atoms with Crippen molar-refractivity contribution in [2.24, 2.45) is 5.73 Å². The summed E-state index contributed by atoms with van der Waals surface area (Å²) in [5.74, 6) is -54.9. The van der Waals surface area contributed by atoms with Crippen LogP contribution in [0.4, 0.5) is 65.9 Å². The summed E-state index contributed by atoms with van der Waals surface area (Å²) in [5.41, 5.74) is 4.91. The van der Waals surface area contributed by atoms with Gasteiger partial charge in [0.25, 0.3) is 5.91 Å². The SMILES string of the molecule is NCCCN(CC(O)CS(=O)(=O)[O-])C(=O)C(F)(F)C(F)(F)C(F)(F)C(F)(F)C(F)(F)C(F)(F)C(F)(F)F.[Na+]. The molecule has 38 heavy (non-hydrogen) atoms. The van der Waals surface area contributed by atoms with Crippen molar-refractivity contribution in [1.82, 2.24) is 4.90 Å². The van der Waals surface area contributed by atoms with Crippen LogP contribution in [-0.2, 0) is 14.9 Å². The summed E-state index contributed by atoms with van der Waals surface area (Å²) in [6.45, 7) is -3.92. The number of hydrogen-bond acceptors (Lipinski definition) is 6. The largest absolute Gasteiger partial charge is 1.00 e. The maximum atomic E-state index is 14.1. The summed E-state index contributed by atoms with van der Waals surface area (Å²) in [6.07, 6.45) is -11.3. The van der Waals surface area contributed by atoms with Gasteiger partial charge in [-0.1, -0.05) is 0 Å². The Morgan fingerprint density at radius 3 is 1.50 bits per heavy atom. The molecule has 1 amide bonds. The first-order valence-electron chi connectivity index (χ1n) is 8.92. The van der Waals surface area contributed by atoms with Crippen LogP contribution in [-0.4, -0.2) is 102 Å². The molecule has 1 atom stereocenters. The van der Waals surface area contributed by atoms with Gasteiger partial charge in [-0.25, -0.2) is 8.42 Å². The smallest absolute Gasteiger partial charge is 0.748 e. The van der Waals surface area contributed by atoms with E-state index in [9.17, 15) is 88.7 Å². The molecule has 0 aromatic carbocycles. The molecule has 0 saturated carbocycles. The molecule has 0 aliphatic heterocycles. The number of carbonyl (C=O) groups is 1. The fraction of sp³-hybridized carbons (Fsp3) is 0.929. The van der Waals surface area contributed by atoms with Gasteiger partial charge in [0.05, 0.1) is 22.0 Å². The molecule has 0 fully saturated rings. The van der Waals surface area contributed by atoms with Crippen LogP contribution in [0.2, 0.25) is 0 Å². The number of amides is 1. The quantitative estimate of drug-likeness (QED) is 0.160. The molecule has 3 N–H and O–H groups in total. The minimum Gasteiger partial charge on any atom is -0.748 e. The molecule has 1 unspecified atom stereocenters. The third-order valence-corrected chi connectivity index (χ3v) is 5.14. The van der Waals surface area contributed by atoms with Crippen LogP contribution in [0.3, 0.4) is 0 Å². The minimum absolute atomic E-state index is 0. The van der Waals surface area contributed by atoms with E-state index >= 15 is 0 Å². The Labute approximate surface area is 224 Å². The summed E-state index contributed by atoms with van der Waals surface area (Å²) in [4.78, 5) is 11.0. The number of hydrogen-bond donors (Lipinski definition) is 2. The normalized spacial score (nSPS) is 15.6. The predicted octanol–water partition coefficient (Wildman–Crippen LogP) is -0.552. The van der Waals surface area contributed by atoms with E-state index in [1.807, 2.05) is 0 Å². The number of aliphatic hydroxyl groups is 1. The molecule has 0 bridgehead atoms. The molecule has 24 heteroatoms. The molecule has 0 spiro atoms. The van der Waals surface area contributed by atoms with Gasteiger partial charge in [-0.15, -0.1) is 0 Å². The summed E-state index contributed by atoms with van der Waals surface area (Å²) >= 11 is 0. The molecular weight excluding hydrogens is 616 g/mol. The minimum atomic E-state index is -8.61. The van der Waals surface area contributed by atoms with Crippen LogP contribution >= 0.6 is 0 Å². The second kappa shape index (κ2) is 12.0. The zero-order valence-electron chi connectivity index (χ0n) is 18.3. The molecule has 0 aliphatic carbocycles. The molecule has 7 nitrogen and oxygen atoms in total. The van der Waals surface area contributed by atoms with Crippen LogP contribution in [0.5, 0.6) is 0 Å². The topological polar surface area (TPSA) is 124 Å². The first kappa shape index (κ1) is 39.4. The summed E-state index contributed by atoms with van der Waals surface area (Å²) in [5, 5.41) is 9.34. The van der Waals surface area contributed by atoms with Crippen molar-refractivity contribution in [1.29, 1.82) is 0 Å². The van der Waals surface area contributed by atoms with Crippen molar-refractivity contribution in [2.45, 2.75) is 54.2 Å². The third-order valence-electron chi connectivity index (χ3n) is 4.34. The van der Waals surface area contributed by atoms with E-state index in [1.54, 1.807) is 0 Å². The number of nitrogens with zero attached hydrogens (tertiary/aromatic N) is 1. The van der Waals surface area contributed by atoms with Crippen LogP contribution < -0.4 is 35.3 Å². The molecule has 0 saturated heterocycles. The maximum absolute atomic E-state index is 14.1. The summed E-state index contributed by atoms with van der Waals surface area (Å²) in [6, 6.07) is 0. The van der Waals surface area contributed by atoms with Crippen molar-refractivity contribution in [3.63, 3.8) is 0 Å². The Balaban J connectivity index is 0. The summed E-state index contributed by atoms with van der Waals surface area (Å²) in [7, 11) is -5.43. The van der Waals surface area contributed by atoms with Gasteiger partial charge >= 0.3 is 71.3 Å². The Morgan fingerprint density at radius 1 is 0.789 bits per heavy atom. The van der Waals surface area contributed by atoms with Gasteiger partial charge in [-0.2, -0.15) is 65.9 Å². The number of carbonyl (C=O) groups excluding carboxylic acids is 1. The van der Waals surface area contributed by atoms with Crippen LogP contribution in [0.1, 0.15) is 6.42 Å². The average Bonchev–Trinajstić information content (AvgIpc) is 2.67. The van der Waals surface area contributed by atoms with E-state index in [-0.39, 0.29) is 29.6 Å². The average molecular weight is 630 g/mol. The zero-order valence-corrected chi connectivity index (χ0v) is 21.1. The van der Waals surface area contributed by atoms with Gasteiger partial charge < -0.3 is 20.3 Å². The molecule has 0 rings (SSSR count). The Bertz CT molecular complexity index is 929. The van der Waals surface area contributed by atoms with E-state index in [4.69, 9.17) is 5.73 Å². The molecule has 0 aliphatic rings. The molecule has 222 valence electrons. The van der Waals surface area contributed by atoms with Crippen LogP contribution in [0.25, 0.3) is 0 Å². The van der Waals surface area contributed by atoms with Crippen molar-refractivity contribution >= 4 is 16.0 Å². The molecule has 0 aromatic rings. The van der Waals surface area contributed by atoms with Gasteiger partial charge in [0, 0.05) is 13.1 Å². The van der Waals surface area contributed by atoms with Crippen molar-refractivity contribution in [3.8, 4) is 0 Å². The standard InChI is InChI=1S/C14H15F15N2O5S.Na/c15-8(16,7(33)31(3-1-2-30)4-6(32)5-37(34,35)36)9(17,18)10(19,20)11(21,22)12(23,24)13(25,26)14(27,28)29;/h6,32H,1-5,30H2,(H,34,35,36);/q;+1/p-1. The van der Waals surface area contributed by atoms with E-state index in [0.717, 1.165) is 0 Å². The molecule has 0 heterocycles. The first-order valence-corrected chi connectivity index (χ1v) is 10.5. The molecular formula is C14H14F15N2NaO5S. The second-order valence-electron chi connectivity index (χ2n) is 7.22. The fourth-order valence-corrected chi connectivity index (χ4v) is 2.98. The Kier molecular flexibility index (Phi) is 12.4. The van der Waals surface area contributed by atoms with Crippen molar-refractivity contribution in [2.75, 3.05) is 25.4 Å². The maximum Gasteiger partial charge on any atom is 1.00 e. The number of alkyl halides is 15. The second-order valence-corrected chi connectivity index (χ2v) is 8.66. The van der Waals surface area contributed by atoms with E-state index in [0.29, 0.717) is 0 Å². The van der Waals surface area contributed by atoms with Gasteiger partial charge in [-0.05, 0) is 13.0 Å². The van der Waals surface area contributed by atoms with Crippen LogP contribution in [0.15, 0.2) is 0 Å². The number of halogens is 15. The van der Waals surface area contributed by atoms with Gasteiger partial charge in [0.15, 0.2) is 0 Å². The van der Waals surface area contributed by atoms with E-state index in [2.05, 4.69) is 0 Å². The zero-order chi connectivity index (χ0) is 30.3. The van der Waals surface area contributed by atoms with E-state index < -0.39 is 101 Å².